The van der Waals surface area contributed by atoms with Gasteiger partial charge < -0.3 is 0 Å². The van der Waals surface area contributed by atoms with Crippen LogP contribution in [-0.2, 0) is 9.59 Å². The van der Waals surface area contributed by atoms with E-state index >= 15 is 0 Å². The summed E-state index contributed by atoms with van der Waals surface area (Å²) in [7, 11) is 0. The molecule has 0 aliphatic carbocycles. The summed E-state index contributed by atoms with van der Waals surface area (Å²) < 4.78 is 0.693. The highest BCUT2D eigenvalue weighted by atomic mass is 127. The molecule has 0 aliphatic heterocycles. The van der Waals surface area contributed by atoms with Crippen LogP contribution >= 0.6 is 45.2 Å². The van der Waals surface area contributed by atoms with Gasteiger partial charge in [-0.2, -0.15) is 0 Å². The van der Waals surface area contributed by atoms with Gasteiger partial charge >= 0.3 is 0 Å². The topological polar surface area (TPSA) is 58.2 Å². The highest BCUT2D eigenvalue weighted by Crippen LogP contribution is 1.79. The largest absolute Gasteiger partial charge is 0.272 e. The van der Waals surface area contributed by atoms with Gasteiger partial charge in [0.15, 0.2) is 0 Å². The average molecular weight is 368 g/mol. The normalized spacial score (nSPS) is 8.60. The number of nitrogens with one attached hydrogen (secondary N) is 2. The number of alkyl halides is 2. The van der Waals surface area contributed by atoms with Gasteiger partial charge in [0.25, 0.3) is 0 Å². The van der Waals surface area contributed by atoms with Crippen molar-refractivity contribution in [2.75, 3.05) is 8.86 Å². The van der Waals surface area contributed by atoms with Crippen molar-refractivity contribution < 1.29 is 9.59 Å². The van der Waals surface area contributed by atoms with Crippen LogP contribution in [0.3, 0.4) is 0 Å². The van der Waals surface area contributed by atoms with E-state index in [4.69, 9.17) is 0 Å². The summed E-state index contributed by atoms with van der Waals surface area (Å²) in [5.41, 5.74) is 4.46. The van der Waals surface area contributed by atoms with Crippen molar-refractivity contribution in [3.63, 3.8) is 0 Å². The molecule has 2 amide bonds. The van der Waals surface area contributed by atoms with Crippen LogP contribution in [0.5, 0.6) is 0 Å². The number of hydrogen-bond donors (Lipinski definition) is 2. The molecule has 0 rings (SSSR count). The first kappa shape index (κ1) is 10.4. The van der Waals surface area contributed by atoms with Crippen molar-refractivity contribution >= 4 is 57.0 Å². The quantitative estimate of drug-likeness (QED) is 0.410. The number of rotatable bonds is 2. The first-order chi connectivity index (χ1) is 4.70. The molecular weight excluding hydrogens is 362 g/mol. The highest BCUT2D eigenvalue weighted by Gasteiger charge is 1.99. The Morgan fingerprint density at radius 1 is 1.00 bits per heavy atom. The Bertz CT molecular complexity index is 123. The monoisotopic (exact) mass is 368 g/mol. The molecule has 0 heterocycles. The molecular formula is C4H6I2N2O2. The van der Waals surface area contributed by atoms with Gasteiger partial charge in [0.05, 0.1) is 8.86 Å². The fourth-order valence-electron chi connectivity index (χ4n) is 0.206. The van der Waals surface area contributed by atoms with E-state index in [0.717, 1.165) is 0 Å². The lowest BCUT2D eigenvalue weighted by atomic mass is 10.7. The maximum atomic E-state index is 10.5. The first-order valence-corrected chi connectivity index (χ1v) is 5.45. The van der Waals surface area contributed by atoms with Crippen LogP contribution in [0.4, 0.5) is 0 Å². The van der Waals surface area contributed by atoms with E-state index in [1.165, 1.54) is 0 Å². The van der Waals surface area contributed by atoms with Crippen LogP contribution in [0.1, 0.15) is 0 Å². The van der Waals surface area contributed by atoms with Gasteiger partial charge in [-0.1, -0.05) is 45.2 Å². The molecule has 0 saturated heterocycles. The third-order valence-electron chi connectivity index (χ3n) is 0.584. The summed E-state index contributed by atoms with van der Waals surface area (Å²) in [6, 6.07) is 0. The summed E-state index contributed by atoms with van der Waals surface area (Å²) in [5, 5.41) is 0. The number of amides is 2. The van der Waals surface area contributed by atoms with Crippen LogP contribution in [-0.4, -0.2) is 20.7 Å². The second-order valence-electron chi connectivity index (χ2n) is 1.36. The number of carbonyl (C=O) groups excluding carboxylic acids is 2. The number of carbonyl (C=O) groups is 2. The van der Waals surface area contributed by atoms with E-state index in [2.05, 4.69) is 10.9 Å². The molecule has 0 saturated carbocycles. The van der Waals surface area contributed by atoms with Crippen molar-refractivity contribution in [2.45, 2.75) is 0 Å². The van der Waals surface area contributed by atoms with Crippen molar-refractivity contribution in [1.82, 2.24) is 10.9 Å². The van der Waals surface area contributed by atoms with Gasteiger partial charge in [-0.25, -0.2) is 0 Å². The highest BCUT2D eigenvalue weighted by molar-refractivity contribution is 14.1. The van der Waals surface area contributed by atoms with Gasteiger partial charge in [-0.3, -0.25) is 20.4 Å². The summed E-state index contributed by atoms with van der Waals surface area (Å²) in [5.74, 6) is -0.391. The minimum atomic E-state index is -0.196. The molecule has 0 aromatic heterocycles. The van der Waals surface area contributed by atoms with Crippen molar-refractivity contribution in [3.05, 3.63) is 0 Å². The molecule has 4 nitrogen and oxygen atoms in total. The molecule has 0 aromatic carbocycles. The second-order valence-corrected chi connectivity index (χ2v) is 2.89. The van der Waals surface area contributed by atoms with E-state index in [1.807, 2.05) is 45.2 Å². The van der Waals surface area contributed by atoms with Crippen molar-refractivity contribution in [2.24, 2.45) is 0 Å². The zero-order valence-electron chi connectivity index (χ0n) is 4.99. The lowest BCUT2D eigenvalue weighted by Gasteiger charge is -2.01. The Morgan fingerprint density at radius 2 is 1.30 bits per heavy atom. The van der Waals surface area contributed by atoms with Crippen LogP contribution in [0.25, 0.3) is 0 Å². The van der Waals surface area contributed by atoms with Crippen LogP contribution in [0.2, 0.25) is 0 Å². The molecule has 0 unspecified atom stereocenters. The van der Waals surface area contributed by atoms with Crippen LogP contribution < -0.4 is 10.9 Å². The predicted molar refractivity (Wildman–Crippen MR) is 54.1 cm³/mol. The predicted octanol–water partition coefficient (Wildman–Crippen LogP) is 0.00380. The molecule has 0 spiro atoms. The summed E-state index contributed by atoms with van der Waals surface area (Å²) >= 11 is 3.81. The summed E-state index contributed by atoms with van der Waals surface area (Å²) in [6.45, 7) is 0. The SMILES string of the molecule is O=C(CI)NNC(=O)CI. The zero-order chi connectivity index (χ0) is 7.98. The van der Waals surface area contributed by atoms with E-state index in [1.54, 1.807) is 0 Å². The van der Waals surface area contributed by atoms with Gasteiger partial charge in [0, 0.05) is 0 Å². The van der Waals surface area contributed by atoms with Gasteiger partial charge in [-0.15, -0.1) is 0 Å². The lowest BCUT2D eigenvalue weighted by molar-refractivity contribution is -0.125. The molecule has 10 heavy (non-hydrogen) atoms. The molecule has 58 valence electrons. The Balaban J connectivity index is 3.35. The lowest BCUT2D eigenvalue weighted by Crippen LogP contribution is -2.42. The maximum absolute atomic E-state index is 10.5. The molecule has 0 bridgehead atoms. The molecule has 0 atom stereocenters. The van der Waals surface area contributed by atoms with Crippen LogP contribution in [0.15, 0.2) is 0 Å². The molecule has 6 heteroatoms. The first-order valence-electron chi connectivity index (χ1n) is 2.40. The maximum Gasteiger partial charge on any atom is 0.248 e. The Labute approximate surface area is 85.8 Å². The minimum Gasteiger partial charge on any atom is -0.272 e. The number of hydrogen-bond acceptors (Lipinski definition) is 2. The molecule has 0 fully saturated rings. The van der Waals surface area contributed by atoms with Gasteiger partial charge in [0.2, 0.25) is 11.8 Å². The molecule has 2 N–H and O–H groups in total. The Kier molecular flexibility index (Phi) is 6.38. The van der Waals surface area contributed by atoms with E-state index in [-0.39, 0.29) is 11.8 Å². The minimum absolute atomic E-state index is 0.196. The number of halogens is 2. The van der Waals surface area contributed by atoms with E-state index in [0.29, 0.717) is 8.86 Å². The Morgan fingerprint density at radius 3 is 1.50 bits per heavy atom. The average Bonchev–Trinajstić information content (AvgIpc) is 1.99. The van der Waals surface area contributed by atoms with Gasteiger partial charge in [0.1, 0.15) is 0 Å². The molecule has 0 aliphatic rings. The third-order valence-corrected chi connectivity index (χ3v) is 1.97. The summed E-state index contributed by atoms with van der Waals surface area (Å²) in [6.07, 6.45) is 0. The van der Waals surface area contributed by atoms with Crippen LogP contribution in [0, 0.1) is 0 Å². The van der Waals surface area contributed by atoms with E-state index < -0.39 is 0 Å². The fraction of sp³-hybridized carbons (Fsp3) is 0.500. The number of hydrazine groups is 1. The Hall–Kier alpha value is 0.400. The van der Waals surface area contributed by atoms with E-state index in [9.17, 15) is 9.59 Å². The smallest absolute Gasteiger partial charge is 0.248 e. The van der Waals surface area contributed by atoms with Gasteiger partial charge in [-0.05, 0) is 0 Å². The second kappa shape index (κ2) is 6.13. The summed E-state index contributed by atoms with van der Waals surface area (Å²) in [4.78, 5) is 21.0. The standard InChI is InChI=1S/C4H6I2N2O2/c5-1-3(9)7-8-4(10)2-6/h1-2H2,(H,7,9)(H,8,10). The van der Waals surface area contributed by atoms with Crippen molar-refractivity contribution in [1.29, 1.82) is 0 Å². The van der Waals surface area contributed by atoms with Crippen molar-refractivity contribution in [3.8, 4) is 0 Å². The molecule has 0 radical (unpaired) electrons. The fourth-order valence-corrected chi connectivity index (χ4v) is 0.588. The zero-order valence-corrected chi connectivity index (χ0v) is 9.30. The third kappa shape index (κ3) is 5.21. The molecule has 0 aromatic rings.